The predicted molar refractivity (Wildman–Crippen MR) is 137 cm³/mol. The van der Waals surface area contributed by atoms with E-state index in [-0.39, 0.29) is 22.2 Å². The zero-order chi connectivity index (χ0) is 24.7. The lowest BCUT2D eigenvalue weighted by molar-refractivity contribution is 0.0696. The number of carboxylic acids is 1. The molecule has 34 heavy (non-hydrogen) atoms. The minimum atomic E-state index is -1.03. The van der Waals surface area contributed by atoms with Gasteiger partial charge in [0.1, 0.15) is 11.6 Å². The number of ether oxygens (including phenoxy) is 1. The quantitative estimate of drug-likeness (QED) is 0.355. The Balaban J connectivity index is 1.57. The maximum atomic E-state index is 15.0. The number of rotatable bonds is 6. The van der Waals surface area contributed by atoms with Crippen LogP contribution in [0.5, 0.6) is 5.75 Å². The van der Waals surface area contributed by atoms with Crippen LogP contribution < -0.4 is 9.46 Å². The van der Waals surface area contributed by atoms with Gasteiger partial charge >= 0.3 is 5.97 Å². The van der Waals surface area contributed by atoms with Crippen LogP contribution in [-0.4, -0.2) is 18.2 Å². The van der Waals surface area contributed by atoms with Gasteiger partial charge in [-0.05, 0) is 88.2 Å². The average Bonchev–Trinajstić information content (AvgIpc) is 2.81. The summed E-state index contributed by atoms with van der Waals surface area (Å²) in [5.41, 5.74) is 5.51. The molecule has 4 nitrogen and oxygen atoms in total. The summed E-state index contributed by atoms with van der Waals surface area (Å²) in [6, 6.07) is 16.3. The standard InChI is InChI=1S/C28H30FNO3S/c1-27(2)12-13-28(3,4)21-14-17(6-9-20(21)27)18-8-11-25(22(29)15-18)34-30-23-10-7-19(26(31)32)16-24(23)33-5/h6-11,14-16,30H,12-13H2,1-5H3,(H,31,32). The number of aromatic carboxylic acids is 1. The largest absolute Gasteiger partial charge is 0.495 e. The zero-order valence-electron chi connectivity index (χ0n) is 20.2. The molecule has 0 spiro atoms. The molecule has 0 saturated heterocycles. The summed E-state index contributed by atoms with van der Waals surface area (Å²) in [6.07, 6.45) is 2.28. The van der Waals surface area contributed by atoms with Crippen molar-refractivity contribution in [2.75, 3.05) is 11.8 Å². The summed E-state index contributed by atoms with van der Waals surface area (Å²) < 4.78 is 23.4. The van der Waals surface area contributed by atoms with Crippen LogP contribution in [0.15, 0.2) is 59.5 Å². The molecule has 0 heterocycles. The lowest BCUT2D eigenvalue weighted by atomic mass is 9.63. The van der Waals surface area contributed by atoms with Crippen molar-refractivity contribution in [3.8, 4) is 16.9 Å². The molecule has 0 radical (unpaired) electrons. The summed E-state index contributed by atoms with van der Waals surface area (Å²) >= 11 is 1.12. The Labute approximate surface area is 204 Å². The summed E-state index contributed by atoms with van der Waals surface area (Å²) in [5.74, 6) is -0.981. The van der Waals surface area contributed by atoms with Crippen LogP contribution in [0.25, 0.3) is 11.1 Å². The van der Waals surface area contributed by atoms with Crippen molar-refractivity contribution >= 4 is 23.6 Å². The van der Waals surface area contributed by atoms with Crippen LogP contribution in [0.2, 0.25) is 0 Å². The molecule has 1 aliphatic carbocycles. The summed E-state index contributed by atoms with van der Waals surface area (Å²) in [5, 5.41) is 9.15. The molecule has 0 fully saturated rings. The number of nitrogens with one attached hydrogen (secondary N) is 1. The molecule has 0 unspecified atom stereocenters. The summed E-state index contributed by atoms with van der Waals surface area (Å²) in [7, 11) is 1.47. The number of anilines is 1. The number of benzene rings is 3. The van der Waals surface area contributed by atoms with Crippen LogP contribution in [0.3, 0.4) is 0 Å². The van der Waals surface area contributed by atoms with Crippen molar-refractivity contribution in [2.45, 2.75) is 56.3 Å². The second kappa shape index (κ2) is 8.99. The van der Waals surface area contributed by atoms with Crippen LogP contribution >= 0.6 is 11.9 Å². The Kier molecular flexibility index (Phi) is 6.38. The number of halogens is 1. The van der Waals surface area contributed by atoms with Gasteiger partial charge in [0, 0.05) is 0 Å². The number of hydrogen-bond donors (Lipinski definition) is 2. The average molecular weight is 480 g/mol. The first-order chi connectivity index (χ1) is 16.0. The SMILES string of the molecule is COc1cc(C(=O)O)ccc1NSc1ccc(-c2ccc3c(c2)C(C)(C)CCC3(C)C)cc1F. The van der Waals surface area contributed by atoms with E-state index in [0.29, 0.717) is 16.3 Å². The van der Waals surface area contributed by atoms with Crippen LogP contribution in [0.1, 0.15) is 62.0 Å². The molecule has 6 heteroatoms. The molecule has 3 aromatic carbocycles. The zero-order valence-corrected chi connectivity index (χ0v) is 21.0. The molecule has 0 bridgehead atoms. The van der Waals surface area contributed by atoms with Crippen molar-refractivity contribution in [3.63, 3.8) is 0 Å². The number of hydrogen-bond acceptors (Lipinski definition) is 4. The topological polar surface area (TPSA) is 58.6 Å². The minimum absolute atomic E-state index is 0.0916. The molecular weight excluding hydrogens is 449 g/mol. The fourth-order valence-electron chi connectivity index (χ4n) is 4.55. The third kappa shape index (κ3) is 4.64. The van der Waals surface area contributed by atoms with E-state index >= 15 is 4.39 Å². The second-order valence-corrected chi connectivity index (χ2v) is 10.9. The van der Waals surface area contributed by atoms with Crippen molar-refractivity contribution < 1.29 is 19.0 Å². The third-order valence-corrected chi connectivity index (χ3v) is 7.71. The molecule has 3 aromatic rings. The van der Waals surface area contributed by atoms with Gasteiger partial charge in [0.15, 0.2) is 0 Å². The van der Waals surface area contributed by atoms with Gasteiger partial charge in [0.05, 0.1) is 23.3 Å². The lowest BCUT2D eigenvalue weighted by Crippen LogP contribution is -2.33. The highest BCUT2D eigenvalue weighted by Crippen LogP contribution is 2.47. The van der Waals surface area contributed by atoms with Crippen molar-refractivity contribution in [1.82, 2.24) is 0 Å². The highest BCUT2D eigenvalue weighted by Gasteiger charge is 2.37. The van der Waals surface area contributed by atoms with E-state index in [1.54, 1.807) is 18.2 Å². The Hall–Kier alpha value is -2.99. The fraction of sp³-hybridized carbons (Fsp3) is 0.321. The first kappa shape index (κ1) is 24.1. The maximum absolute atomic E-state index is 15.0. The fourth-order valence-corrected chi connectivity index (χ4v) is 5.23. The molecule has 178 valence electrons. The molecular formula is C28H30FNO3S. The summed E-state index contributed by atoms with van der Waals surface area (Å²) in [6.45, 7) is 9.16. The van der Waals surface area contributed by atoms with Crippen molar-refractivity contribution in [3.05, 3.63) is 77.1 Å². The van der Waals surface area contributed by atoms with Gasteiger partial charge in [-0.1, -0.05) is 52.0 Å². The smallest absolute Gasteiger partial charge is 0.335 e. The van der Waals surface area contributed by atoms with Crippen LogP contribution in [0, 0.1) is 5.82 Å². The number of fused-ring (bicyclic) bond motifs is 1. The normalized spacial score (nSPS) is 15.9. The van der Waals surface area contributed by atoms with Gasteiger partial charge in [-0.3, -0.25) is 0 Å². The third-order valence-electron chi connectivity index (χ3n) is 6.84. The Morgan fingerprint density at radius 2 is 1.59 bits per heavy atom. The lowest BCUT2D eigenvalue weighted by Gasteiger charge is -2.42. The molecule has 0 aliphatic heterocycles. The van der Waals surface area contributed by atoms with E-state index in [2.05, 4.69) is 50.6 Å². The molecule has 0 saturated carbocycles. The van der Waals surface area contributed by atoms with Crippen molar-refractivity contribution in [1.29, 1.82) is 0 Å². The predicted octanol–water partition coefficient (Wildman–Crippen LogP) is 7.67. The molecule has 0 aromatic heterocycles. The number of carboxylic acid groups (broad SMARTS) is 1. The van der Waals surface area contributed by atoms with Gasteiger partial charge in [-0.25, -0.2) is 9.18 Å². The van der Waals surface area contributed by atoms with E-state index in [1.807, 2.05) is 6.07 Å². The second-order valence-electron chi connectivity index (χ2n) is 10.1. The Bertz CT molecular complexity index is 1250. The van der Waals surface area contributed by atoms with Crippen molar-refractivity contribution in [2.24, 2.45) is 0 Å². The van der Waals surface area contributed by atoms with Crippen LogP contribution in [-0.2, 0) is 10.8 Å². The van der Waals surface area contributed by atoms with E-state index in [0.717, 1.165) is 35.9 Å². The van der Waals surface area contributed by atoms with Gasteiger partial charge in [0.25, 0.3) is 0 Å². The summed E-state index contributed by atoms with van der Waals surface area (Å²) in [4.78, 5) is 11.6. The van der Waals surface area contributed by atoms with E-state index in [9.17, 15) is 4.79 Å². The van der Waals surface area contributed by atoms with E-state index in [4.69, 9.17) is 9.84 Å². The maximum Gasteiger partial charge on any atom is 0.335 e. The highest BCUT2D eigenvalue weighted by molar-refractivity contribution is 8.00. The molecule has 4 rings (SSSR count). The Morgan fingerprint density at radius 3 is 2.24 bits per heavy atom. The first-order valence-electron chi connectivity index (χ1n) is 11.3. The molecule has 2 N–H and O–H groups in total. The first-order valence-corrected chi connectivity index (χ1v) is 12.1. The van der Waals surface area contributed by atoms with Crippen LogP contribution in [0.4, 0.5) is 10.1 Å². The Morgan fingerprint density at radius 1 is 0.941 bits per heavy atom. The molecule has 1 aliphatic rings. The van der Waals surface area contributed by atoms with E-state index < -0.39 is 5.97 Å². The van der Waals surface area contributed by atoms with Gasteiger partial charge in [0.2, 0.25) is 0 Å². The monoisotopic (exact) mass is 479 g/mol. The molecule has 0 amide bonds. The van der Waals surface area contributed by atoms with Gasteiger partial charge < -0.3 is 14.6 Å². The highest BCUT2D eigenvalue weighted by atomic mass is 32.2. The molecule has 0 atom stereocenters. The van der Waals surface area contributed by atoms with E-state index in [1.165, 1.54) is 30.4 Å². The van der Waals surface area contributed by atoms with Gasteiger partial charge in [-0.15, -0.1) is 0 Å². The number of carbonyl (C=O) groups is 1. The van der Waals surface area contributed by atoms with Gasteiger partial charge in [-0.2, -0.15) is 0 Å². The number of methoxy groups -OCH3 is 1. The minimum Gasteiger partial charge on any atom is -0.495 e.